The number of ether oxygens (including phenoxy) is 1. The average molecular weight is 247 g/mol. The lowest BCUT2D eigenvalue weighted by molar-refractivity contribution is -0.141. The zero-order chi connectivity index (χ0) is 13.1. The molecule has 0 aliphatic heterocycles. The highest BCUT2D eigenvalue weighted by Crippen LogP contribution is 2.19. The van der Waals surface area contributed by atoms with Crippen molar-refractivity contribution < 1.29 is 18.7 Å². The van der Waals surface area contributed by atoms with Gasteiger partial charge in [-0.1, -0.05) is 18.2 Å². The van der Waals surface area contributed by atoms with Gasteiger partial charge in [-0.25, -0.2) is 0 Å². The number of benzene rings is 1. The standard InChI is InChI=1S/C13H13NO4/c1-14(8-12(15)17-2)13(16)11-7-9-5-3-4-6-10(9)18-11/h3-7H,8H2,1-2H3. The highest BCUT2D eigenvalue weighted by atomic mass is 16.5. The number of furan rings is 1. The molecule has 0 spiro atoms. The quantitative estimate of drug-likeness (QED) is 0.774. The predicted octanol–water partition coefficient (Wildman–Crippen LogP) is 1.68. The maximum Gasteiger partial charge on any atom is 0.325 e. The van der Waals surface area contributed by atoms with Gasteiger partial charge in [0.1, 0.15) is 12.1 Å². The number of carbonyl (C=O) groups excluding carboxylic acids is 2. The van der Waals surface area contributed by atoms with E-state index in [1.54, 1.807) is 12.1 Å². The van der Waals surface area contributed by atoms with Crippen LogP contribution in [0.15, 0.2) is 34.7 Å². The van der Waals surface area contributed by atoms with Crippen molar-refractivity contribution in [3.05, 3.63) is 36.1 Å². The summed E-state index contributed by atoms with van der Waals surface area (Å²) in [4.78, 5) is 24.3. The van der Waals surface area contributed by atoms with Crippen LogP contribution in [-0.4, -0.2) is 37.5 Å². The van der Waals surface area contributed by atoms with Crippen LogP contribution in [-0.2, 0) is 9.53 Å². The molecule has 1 amide bonds. The van der Waals surface area contributed by atoms with Crippen molar-refractivity contribution in [2.45, 2.75) is 0 Å². The fraction of sp³-hybridized carbons (Fsp3) is 0.231. The topological polar surface area (TPSA) is 59.8 Å². The highest BCUT2D eigenvalue weighted by Gasteiger charge is 2.18. The molecule has 0 radical (unpaired) electrons. The number of likely N-dealkylation sites (N-methyl/N-ethyl adjacent to an activating group) is 1. The number of methoxy groups -OCH3 is 1. The van der Waals surface area contributed by atoms with Crippen molar-refractivity contribution in [1.29, 1.82) is 0 Å². The van der Waals surface area contributed by atoms with Gasteiger partial charge in [-0.2, -0.15) is 0 Å². The van der Waals surface area contributed by atoms with Crippen molar-refractivity contribution in [3.63, 3.8) is 0 Å². The van der Waals surface area contributed by atoms with Crippen LogP contribution in [0.2, 0.25) is 0 Å². The summed E-state index contributed by atoms with van der Waals surface area (Å²) in [6, 6.07) is 9.00. The van der Waals surface area contributed by atoms with E-state index in [0.29, 0.717) is 5.58 Å². The molecule has 2 rings (SSSR count). The second-order valence-electron chi connectivity index (χ2n) is 3.89. The number of esters is 1. The first-order valence-electron chi connectivity index (χ1n) is 5.42. The number of rotatable bonds is 3. The van der Waals surface area contributed by atoms with Gasteiger partial charge in [-0.05, 0) is 12.1 Å². The first kappa shape index (κ1) is 12.2. The molecular weight excluding hydrogens is 234 g/mol. The first-order valence-corrected chi connectivity index (χ1v) is 5.42. The average Bonchev–Trinajstić information content (AvgIpc) is 2.81. The van der Waals surface area contributed by atoms with E-state index in [2.05, 4.69) is 4.74 Å². The third-order valence-electron chi connectivity index (χ3n) is 2.58. The Hall–Kier alpha value is -2.30. The number of fused-ring (bicyclic) bond motifs is 1. The summed E-state index contributed by atoms with van der Waals surface area (Å²) in [5.74, 6) is -0.610. The van der Waals surface area contributed by atoms with E-state index in [-0.39, 0.29) is 18.2 Å². The fourth-order valence-electron chi connectivity index (χ4n) is 1.61. The summed E-state index contributed by atoms with van der Waals surface area (Å²) in [5, 5.41) is 0.854. The van der Waals surface area contributed by atoms with Crippen LogP contribution in [0.25, 0.3) is 11.0 Å². The van der Waals surface area contributed by atoms with Crippen molar-refractivity contribution >= 4 is 22.8 Å². The van der Waals surface area contributed by atoms with Gasteiger partial charge in [-0.15, -0.1) is 0 Å². The number of nitrogens with zero attached hydrogens (tertiary/aromatic N) is 1. The van der Waals surface area contributed by atoms with E-state index in [9.17, 15) is 9.59 Å². The third-order valence-corrected chi connectivity index (χ3v) is 2.58. The van der Waals surface area contributed by atoms with E-state index in [1.807, 2.05) is 18.2 Å². The molecule has 94 valence electrons. The number of hydrogen-bond donors (Lipinski definition) is 0. The Balaban J connectivity index is 2.20. The molecule has 0 saturated heterocycles. The molecule has 0 atom stereocenters. The van der Waals surface area contributed by atoms with Crippen LogP contribution >= 0.6 is 0 Å². The maximum atomic E-state index is 12.0. The molecule has 1 aromatic carbocycles. The van der Waals surface area contributed by atoms with Gasteiger partial charge in [0.05, 0.1) is 7.11 Å². The van der Waals surface area contributed by atoms with Gasteiger partial charge in [-0.3, -0.25) is 9.59 Å². The zero-order valence-corrected chi connectivity index (χ0v) is 10.2. The maximum absolute atomic E-state index is 12.0. The van der Waals surface area contributed by atoms with Gasteiger partial charge in [0.15, 0.2) is 5.76 Å². The Labute approximate surface area is 104 Å². The van der Waals surface area contributed by atoms with Crippen LogP contribution in [0.3, 0.4) is 0 Å². The highest BCUT2D eigenvalue weighted by molar-refractivity contribution is 5.97. The molecule has 18 heavy (non-hydrogen) atoms. The Bertz CT molecular complexity index is 554. The smallest absolute Gasteiger partial charge is 0.325 e. The van der Waals surface area contributed by atoms with Gasteiger partial charge < -0.3 is 14.1 Å². The zero-order valence-electron chi connectivity index (χ0n) is 10.2. The van der Waals surface area contributed by atoms with Gasteiger partial charge >= 0.3 is 5.97 Å². The molecule has 5 heteroatoms. The summed E-state index contributed by atoms with van der Waals surface area (Å²) in [6.45, 7) is -0.105. The van der Waals surface area contributed by atoms with Gasteiger partial charge in [0.2, 0.25) is 0 Å². The van der Waals surface area contributed by atoms with Crippen molar-refractivity contribution in [3.8, 4) is 0 Å². The normalized spacial score (nSPS) is 10.3. The molecule has 2 aromatic rings. The molecule has 0 N–H and O–H groups in total. The molecule has 0 bridgehead atoms. The summed E-state index contributed by atoms with van der Waals surface area (Å²) < 4.78 is 9.93. The van der Waals surface area contributed by atoms with Crippen LogP contribution in [0.5, 0.6) is 0 Å². The summed E-state index contributed by atoms with van der Waals surface area (Å²) in [5.41, 5.74) is 0.646. The summed E-state index contributed by atoms with van der Waals surface area (Å²) in [7, 11) is 2.80. The van der Waals surface area contributed by atoms with Gasteiger partial charge in [0.25, 0.3) is 5.91 Å². The number of hydrogen-bond acceptors (Lipinski definition) is 4. The van der Waals surface area contributed by atoms with E-state index >= 15 is 0 Å². The minimum absolute atomic E-state index is 0.105. The minimum atomic E-state index is -0.470. The lowest BCUT2D eigenvalue weighted by Crippen LogP contribution is -2.32. The summed E-state index contributed by atoms with van der Waals surface area (Å²) >= 11 is 0. The monoisotopic (exact) mass is 247 g/mol. The third kappa shape index (κ3) is 2.34. The number of para-hydroxylation sites is 1. The van der Waals surface area contributed by atoms with E-state index in [0.717, 1.165) is 5.39 Å². The van der Waals surface area contributed by atoms with Crippen LogP contribution in [0, 0.1) is 0 Å². The molecular formula is C13H13NO4. The lowest BCUT2D eigenvalue weighted by atomic mass is 10.2. The van der Waals surface area contributed by atoms with E-state index in [4.69, 9.17) is 4.42 Å². The summed E-state index contributed by atoms with van der Waals surface area (Å²) in [6.07, 6.45) is 0. The molecule has 5 nitrogen and oxygen atoms in total. The second kappa shape index (κ2) is 4.91. The second-order valence-corrected chi connectivity index (χ2v) is 3.89. The molecule has 0 aliphatic carbocycles. The predicted molar refractivity (Wildman–Crippen MR) is 65.2 cm³/mol. The van der Waals surface area contributed by atoms with Crippen molar-refractivity contribution in [2.75, 3.05) is 20.7 Å². The van der Waals surface area contributed by atoms with Crippen molar-refractivity contribution in [1.82, 2.24) is 4.90 Å². The SMILES string of the molecule is COC(=O)CN(C)C(=O)c1cc2ccccc2o1. The van der Waals surface area contributed by atoms with Crippen LogP contribution in [0.4, 0.5) is 0 Å². The minimum Gasteiger partial charge on any atom is -0.468 e. The van der Waals surface area contributed by atoms with Crippen molar-refractivity contribution in [2.24, 2.45) is 0 Å². The van der Waals surface area contributed by atoms with Gasteiger partial charge in [0, 0.05) is 12.4 Å². The lowest BCUT2D eigenvalue weighted by Gasteiger charge is -2.13. The number of amides is 1. The van der Waals surface area contributed by atoms with E-state index in [1.165, 1.54) is 19.1 Å². The molecule has 1 heterocycles. The molecule has 0 aliphatic rings. The Morgan fingerprint density at radius 3 is 2.72 bits per heavy atom. The van der Waals surface area contributed by atoms with Crippen LogP contribution in [0.1, 0.15) is 10.6 Å². The Morgan fingerprint density at radius 1 is 1.33 bits per heavy atom. The molecule has 1 aromatic heterocycles. The van der Waals surface area contributed by atoms with E-state index < -0.39 is 5.97 Å². The fourth-order valence-corrected chi connectivity index (χ4v) is 1.61. The first-order chi connectivity index (χ1) is 8.61. The Morgan fingerprint density at radius 2 is 2.06 bits per heavy atom. The number of carbonyl (C=O) groups is 2. The van der Waals surface area contributed by atoms with Crippen LogP contribution < -0.4 is 0 Å². The Kier molecular flexibility index (Phi) is 3.32. The molecule has 0 saturated carbocycles. The largest absolute Gasteiger partial charge is 0.468 e. The molecule has 0 unspecified atom stereocenters. The molecule has 0 fully saturated rings.